The molecule has 5 heteroatoms. The molecular weight excluding hydrogens is 828 g/mol. The van der Waals surface area contributed by atoms with Crippen molar-refractivity contribution in [2.75, 3.05) is 4.81 Å². The van der Waals surface area contributed by atoms with Gasteiger partial charge in [-0.2, -0.15) is 0 Å². The van der Waals surface area contributed by atoms with E-state index in [0.717, 1.165) is 39.5 Å². The summed E-state index contributed by atoms with van der Waals surface area (Å²) < 4.78 is 16.3. The molecule has 0 radical (unpaired) electrons. The Labute approximate surface area is 397 Å². The number of nitrogens with zero attached hydrogens (tertiary/aromatic N) is 2. The van der Waals surface area contributed by atoms with Crippen molar-refractivity contribution in [3.63, 3.8) is 0 Å². The van der Waals surface area contributed by atoms with Crippen molar-refractivity contribution >= 4 is 94.8 Å². The highest BCUT2D eigenvalue weighted by atomic mass is 16.3. The van der Waals surface area contributed by atoms with Gasteiger partial charge in [-0.3, -0.25) is 0 Å². The molecule has 0 atom stereocenters. The van der Waals surface area contributed by atoms with Crippen LogP contribution in [-0.2, 0) is 21.7 Å². The summed E-state index contributed by atoms with van der Waals surface area (Å²) in [6, 6.07) is 51.4. The van der Waals surface area contributed by atoms with Crippen LogP contribution >= 0.6 is 0 Å². The lowest BCUT2D eigenvalue weighted by atomic mass is 9.43. The first-order valence-electron chi connectivity index (χ1n) is 24.7. The van der Waals surface area contributed by atoms with Gasteiger partial charge in [0.25, 0.3) is 0 Å². The third-order valence-electron chi connectivity index (χ3n) is 17.4. The smallest absolute Gasteiger partial charge is 0.333 e. The predicted octanol–water partition coefficient (Wildman–Crippen LogP) is 15.8. The number of rotatable bonds is 1. The fourth-order valence-corrected chi connectivity index (χ4v) is 13.5. The molecule has 0 amide bonds. The van der Waals surface area contributed by atoms with Gasteiger partial charge in [-0.1, -0.05) is 135 Å². The van der Waals surface area contributed by atoms with Gasteiger partial charge in [0.05, 0.1) is 11.0 Å². The zero-order valence-corrected chi connectivity index (χ0v) is 40.4. The molecule has 0 saturated heterocycles. The van der Waals surface area contributed by atoms with E-state index in [-0.39, 0.29) is 28.5 Å². The van der Waals surface area contributed by atoms with Crippen LogP contribution in [0.15, 0.2) is 142 Å². The number of hydrogen-bond acceptors (Lipinski definition) is 3. The van der Waals surface area contributed by atoms with Crippen LogP contribution in [0.5, 0.6) is 0 Å². The minimum atomic E-state index is -0.169. The molecule has 0 spiro atoms. The first-order chi connectivity index (χ1) is 32.6. The van der Waals surface area contributed by atoms with Crippen LogP contribution in [0.4, 0.5) is 11.4 Å². The second-order valence-corrected chi connectivity index (χ2v) is 23.5. The van der Waals surface area contributed by atoms with Crippen molar-refractivity contribution in [3.05, 3.63) is 161 Å². The number of benzene rings is 8. The van der Waals surface area contributed by atoms with Gasteiger partial charge in [-0.05, 0) is 145 Å². The Morgan fingerprint density at radius 2 is 1.16 bits per heavy atom. The van der Waals surface area contributed by atoms with Gasteiger partial charge in [0, 0.05) is 60.4 Å². The van der Waals surface area contributed by atoms with Gasteiger partial charge in [-0.25, -0.2) is 0 Å². The Kier molecular flexibility index (Phi) is 7.11. The average Bonchev–Trinajstić information content (AvgIpc) is 4.03. The van der Waals surface area contributed by atoms with Crippen LogP contribution in [0.1, 0.15) is 103 Å². The molecule has 3 aromatic heterocycles. The van der Waals surface area contributed by atoms with Crippen LogP contribution < -0.4 is 15.7 Å². The molecule has 5 heterocycles. The van der Waals surface area contributed by atoms with E-state index in [1.165, 1.54) is 117 Å². The van der Waals surface area contributed by atoms with E-state index in [2.05, 4.69) is 205 Å². The van der Waals surface area contributed by atoms with E-state index in [1.807, 2.05) is 0 Å². The first-order valence-corrected chi connectivity index (χ1v) is 24.7. The average molecular weight is 881 g/mol. The first kappa shape index (κ1) is 39.1. The normalized spacial score (nSPS) is 17.1. The third kappa shape index (κ3) is 4.82. The van der Waals surface area contributed by atoms with E-state index in [1.54, 1.807) is 0 Å². The molecule has 11 aromatic rings. The standard InChI is InChI=1S/C63H53BN2O2/c1-60(2,3)34-18-20-35(21-19-34)66-52-29-45-43-26-48-49(62(6,7)25-24-61(48,4)5)33-57(43)68-56(45)30-41(52)38-22-23-39-42-31-55-44(37-15-11-13-17-54(37)67-55)28-51(42)65-53-32-47-40(27-50(53)64(66)58(38)59(39)65)36-14-10-12-16-46(36)63(47,8)9/h10-23,26-33H,24-25H2,1-9H3. The summed E-state index contributed by atoms with van der Waals surface area (Å²) in [5.41, 5.74) is 24.6. The molecule has 0 bridgehead atoms. The molecule has 0 saturated carbocycles. The van der Waals surface area contributed by atoms with Crippen molar-refractivity contribution in [2.24, 2.45) is 0 Å². The van der Waals surface area contributed by atoms with Crippen molar-refractivity contribution in [3.8, 4) is 27.9 Å². The van der Waals surface area contributed by atoms with E-state index in [4.69, 9.17) is 8.83 Å². The van der Waals surface area contributed by atoms with Gasteiger partial charge >= 0.3 is 6.85 Å². The fourth-order valence-electron chi connectivity index (χ4n) is 13.5. The molecule has 8 aromatic carbocycles. The minimum Gasteiger partial charge on any atom is -0.456 e. The van der Waals surface area contributed by atoms with Gasteiger partial charge in [-0.15, -0.1) is 0 Å². The second kappa shape index (κ2) is 12.4. The Hall–Kier alpha value is -6.98. The summed E-state index contributed by atoms with van der Waals surface area (Å²) in [7, 11) is 0. The molecule has 0 fully saturated rings. The molecule has 330 valence electrons. The molecular formula is C63H53BN2O2. The lowest BCUT2D eigenvalue weighted by molar-refractivity contribution is 0.332. The monoisotopic (exact) mass is 880 g/mol. The summed E-state index contributed by atoms with van der Waals surface area (Å²) in [5, 5.41) is 7.11. The van der Waals surface area contributed by atoms with Crippen LogP contribution in [0.25, 0.3) is 93.6 Å². The highest BCUT2D eigenvalue weighted by Crippen LogP contribution is 2.54. The number of aromatic nitrogens is 1. The Bertz CT molecular complexity index is 4110. The predicted molar refractivity (Wildman–Crippen MR) is 286 cm³/mol. The van der Waals surface area contributed by atoms with Crippen molar-refractivity contribution < 1.29 is 8.83 Å². The van der Waals surface area contributed by atoms with E-state index >= 15 is 0 Å². The van der Waals surface area contributed by atoms with Gasteiger partial charge in [0.1, 0.15) is 22.3 Å². The van der Waals surface area contributed by atoms with E-state index < -0.39 is 0 Å². The molecule has 68 heavy (non-hydrogen) atoms. The number of fused-ring (bicyclic) bond motifs is 18. The van der Waals surface area contributed by atoms with Gasteiger partial charge in [0.15, 0.2) is 0 Å². The molecule has 15 rings (SSSR count). The lowest BCUT2D eigenvalue weighted by Crippen LogP contribution is -2.60. The molecule has 4 nitrogen and oxygen atoms in total. The third-order valence-corrected chi connectivity index (χ3v) is 17.4. The number of furan rings is 2. The van der Waals surface area contributed by atoms with Crippen LogP contribution in [-0.4, -0.2) is 11.4 Å². The van der Waals surface area contributed by atoms with Crippen molar-refractivity contribution in [1.82, 2.24) is 4.57 Å². The topological polar surface area (TPSA) is 34.5 Å². The van der Waals surface area contributed by atoms with Crippen LogP contribution in [0.2, 0.25) is 0 Å². The SMILES string of the molecule is CC(C)(C)c1ccc(N2B3c4cc5c(cc4-n4c6cc7c(cc6c6ccc(c3c64)-c3cc4oc6cc8c(cc6c4cc32)C(C)(C)CCC8(C)C)oc2ccccc27)C(C)(C)c2ccccc2-5)cc1. The Morgan fingerprint density at radius 1 is 0.485 bits per heavy atom. The molecule has 2 aliphatic carbocycles. The zero-order valence-electron chi connectivity index (χ0n) is 40.4. The zero-order chi connectivity index (χ0) is 46.1. The van der Waals surface area contributed by atoms with E-state index in [0.29, 0.717) is 0 Å². The maximum Gasteiger partial charge on any atom is 0.333 e. The van der Waals surface area contributed by atoms with Gasteiger partial charge in [0.2, 0.25) is 0 Å². The highest BCUT2D eigenvalue weighted by molar-refractivity contribution is 6.93. The minimum absolute atomic E-state index is 0.0179. The Morgan fingerprint density at radius 3 is 1.96 bits per heavy atom. The van der Waals surface area contributed by atoms with Crippen molar-refractivity contribution in [2.45, 2.75) is 96.8 Å². The molecule has 0 unspecified atom stereocenters. The molecule has 2 aliphatic heterocycles. The maximum atomic E-state index is 7.05. The molecule has 4 aliphatic rings. The van der Waals surface area contributed by atoms with Crippen LogP contribution in [0, 0.1) is 0 Å². The summed E-state index contributed by atoms with van der Waals surface area (Å²) in [5.74, 6) is 0. The largest absolute Gasteiger partial charge is 0.456 e. The number of anilines is 2. The number of para-hydroxylation sites is 1. The quantitative estimate of drug-likeness (QED) is 0.154. The highest BCUT2D eigenvalue weighted by Gasteiger charge is 2.47. The van der Waals surface area contributed by atoms with Crippen LogP contribution in [0.3, 0.4) is 0 Å². The van der Waals surface area contributed by atoms with Gasteiger partial charge < -0.3 is 18.2 Å². The summed E-state index contributed by atoms with van der Waals surface area (Å²) in [6.07, 6.45) is 2.33. The lowest BCUT2D eigenvalue weighted by Gasteiger charge is -2.42. The number of hydrogen-bond donors (Lipinski definition) is 0. The summed E-state index contributed by atoms with van der Waals surface area (Å²) >= 11 is 0. The van der Waals surface area contributed by atoms with E-state index in [9.17, 15) is 0 Å². The summed E-state index contributed by atoms with van der Waals surface area (Å²) in [6.45, 7) is 21.3. The second-order valence-electron chi connectivity index (χ2n) is 23.5. The fraction of sp³-hybridized carbons (Fsp3) is 0.238. The Balaban J connectivity index is 1.09. The molecule has 0 N–H and O–H groups in total. The maximum absolute atomic E-state index is 7.05. The van der Waals surface area contributed by atoms with Crippen molar-refractivity contribution in [1.29, 1.82) is 0 Å². The summed E-state index contributed by atoms with van der Waals surface area (Å²) in [4.78, 5) is 2.69.